The molecule has 1 saturated heterocycles. The summed E-state index contributed by atoms with van der Waals surface area (Å²) in [6, 6.07) is 12.7. The van der Waals surface area contributed by atoms with Gasteiger partial charge in [-0.2, -0.15) is 4.98 Å². The molecule has 0 aliphatic carbocycles. The van der Waals surface area contributed by atoms with Crippen molar-refractivity contribution < 1.29 is 18.8 Å². The molecule has 1 aromatic heterocycles. The summed E-state index contributed by atoms with van der Waals surface area (Å²) in [6.07, 6.45) is 0.381. The molecule has 1 unspecified atom stereocenters. The first kappa shape index (κ1) is 20.2. The lowest BCUT2D eigenvalue weighted by Crippen LogP contribution is -2.24. The minimum atomic E-state index is -0.203. The quantitative estimate of drug-likeness (QED) is 0.567. The molecule has 2 heterocycles. The Labute approximate surface area is 179 Å². The van der Waals surface area contributed by atoms with Crippen LogP contribution in [0.1, 0.15) is 32.1 Å². The highest BCUT2D eigenvalue weighted by Gasteiger charge is 2.36. The predicted molar refractivity (Wildman–Crippen MR) is 113 cm³/mol. The number of amides is 1. The molecule has 0 saturated carbocycles. The lowest BCUT2D eigenvalue weighted by molar-refractivity contribution is -0.117. The van der Waals surface area contributed by atoms with Crippen molar-refractivity contribution in [3.8, 4) is 22.9 Å². The first-order valence-corrected chi connectivity index (χ1v) is 10.1. The van der Waals surface area contributed by atoms with Crippen molar-refractivity contribution in [2.45, 2.75) is 32.3 Å². The highest BCUT2D eigenvalue weighted by Crippen LogP contribution is 2.38. The molecule has 3 aromatic rings. The van der Waals surface area contributed by atoms with Gasteiger partial charge in [-0.15, -0.1) is 0 Å². The number of rotatable bonds is 6. The third-order valence-electron chi connectivity index (χ3n) is 4.83. The zero-order valence-electron chi connectivity index (χ0n) is 17.0. The minimum Gasteiger partial charge on any atom is -0.495 e. The summed E-state index contributed by atoms with van der Waals surface area (Å²) in [4.78, 5) is 18.8. The number of carbonyl (C=O) groups is 1. The van der Waals surface area contributed by atoms with E-state index >= 15 is 0 Å². The molecule has 7 nitrogen and oxygen atoms in total. The lowest BCUT2D eigenvalue weighted by Gasteiger charge is -2.19. The number of hydrogen-bond acceptors (Lipinski definition) is 6. The molecule has 1 aliphatic heterocycles. The predicted octanol–water partition coefficient (Wildman–Crippen LogP) is 4.71. The van der Waals surface area contributed by atoms with E-state index in [1.807, 2.05) is 38.1 Å². The summed E-state index contributed by atoms with van der Waals surface area (Å²) in [7, 11) is 1.56. The van der Waals surface area contributed by atoms with Crippen LogP contribution in [0.4, 0.5) is 5.69 Å². The van der Waals surface area contributed by atoms with Gasteiger partial charge in [0.2, 0.25) is 17.6 Å². The molecule has 30 heavy (non-hydrogen) atoms. The Kier molecular flexibility index (Phi) is 5.63. The Hall–Kier alpha value is -3.06. The Balaban J connectivity index is 1.52. The van der Waals surface area contributed by atoms with Crippen LogP contribution in [-0.2, 0) is 4.79 Å². The number of halogens is 1. The first-order chi connectivity index (χ1) is 14.4. The van der Waals surface area contributed by atoms with Gasteiger partial charge in [0.05, 0.1) is 24.8 Å². The van der Waals surface area contributed by atoms with E-state index in [9.17, 15) is 4.79 Å². The number of aromatic nitrogens is 2. The average Bonchev–Trinajstić information content (AvgIpc) is 3.35. The molecular weight excluding hydrogens is 406 g/mol. The second-order valence-electron chi connectivity index (χ2n) is 7.37. The largest absolute Gasteiger partial charge is 0.495 e. The Morgan fingerprint density at radius 1 is 1.20 bits per heavy atom. The van der Waals surface area contributed by atoms with Crippen LogP contribution in [0, 0.1) is 0 Å². The van der Waals surface area contributed by atoms with E-state index in [0.717, 1.165) is 11.3 Å². The number of anilines is 1. The highest BCUT2D eigenvalue weighted by atomic mass is 35.5. The summed E-state index contributed by atoms with van der Waals surface area (Å²) in [5, 5.41) is 4.62. The molecule has 8 heteroatoms. The van der Waals surface area contributed by atoms with Crippen LogP contribution in [0.3, 0.4) is 0 Å². The second kappa shape index (κ2) is 8.36. The number of benzene rings is 2. The van der Waals surface area contributed by atoms with Gasteiger partial charge in [-0.25, -0.2) is 0 Å². The maximum absolute atomic E-state index is 12.7. The SMILES string of the molecule is COc1ccc(Cl)cc1N1CC(c2nc(-c3ccc(OC(C)C)cc3)no2)CC1=O. The third kappa shape index (κ3) is 4.11. The van der Waals surface area contributed by atoms with E-state index in [4.69, 9.17) is 25.6 Å². The number of methoxy groups -OCH3 is 1. The molecule has 4 rings (SSSR count). The Morgan fingerprint density at radius 3 is 2.67 bits per heavy atom. The van der Waals surface area contributed by atoms with Gasteiger partial charge >= 0.3 is 0 Å². The van der Waals surface area contributed by atoms with Gasteiger partial charge < -0.3 is 18.9 Å². The number of carbonyl (C=O) groups excluding carboxylic acids is 1. The molecule has 1 fully saturated rings. The van der Waals surface area contributed by atoms with Crippen molar-refractivity contribution in [2.24, 2.45) is 0 Å². The molecule has 0 N–H and O–H groups in total. The molecular formula is C22H22ClN3O4. The van der Waals surface area contributed by atoms with Crippen molar-refractivity contribution in [1.29, 1.82) is 0 Å². The molecule has 0 spiro atoms. The fourth-order valence-electron chi connectivity index (χ4n) is 3.45. The van der Waals surface area contributed by atoms with Crippen LogP contribution in [0.15, 0.2) is 47.0 Å². The van der Waals surface area contributed by atoms with Crippen LogP contribution in [-0.4, -0.2) is 35.8 Å². The molecule has 156 valence electrons. The number of hydrogen-bond donors (Lipinski definition) is 0. The van der Waals surface area contributed by atoms with E-state index in [1.165, 1.54) is 0 Å². The van der Waals surface area contributed by atoms with Gasteiger partial charge in [0.15, 0.2) is 0 Å². The molecule has 1 aliphatic rings. The number of ether oxygens (including phenoxy) is 2. The fourth-order valence-corrected chi connectivity index (χ4v) is 3.62. The monoisotopic (exact) mass is 427 g/mol. The molecule has 0 radical (unpaired) electrons. The van der Waals surface area contributed by atoms with Crippen molar-refractivity contribution in [2.75, 3.05) is 18.6 Å². The molecule has 1 atom stereocenters. The summed E-state index contributed by atoms with van der Waals surface area (Å²) < 4.78 is 16.5. The zero-order valence-corrected chi connectivity index (χ0v) is 17.7. The van der Waals surface area contributed by atoms with Crippen LogP contribution in [0.2, 0.25) is 5.02 Å². The summed E-state index contributed by atoms with van der Waals surface area (Å²) in [5.74, 6) is 2.03. The van der Waals surface area contributed by atoms with Gasteiger partial charge in [0, 0.05) is 23.6 Å². The van der Waals surface area contributed by atoms with Crippen molar-refractivity contribution in [1.82, 2.24) is 10.1 Å². The maximum atomic E-state index is 12.7. The van der Waals surface area contributed by atoms with E-state index in [2.05, 4.69) is 10.1 Å². The average molecular weight is 428 g/mol. The van der Waals surface area contributed by atoms with Crippen LogP contribution >= 0.6 is 11.6 Å². The summed E-state index contributed by atoms with van der Waals surface area (Å²) >= 11 is 6.12. The van der Waals surface area contributed by atoms with Crippen LogP contribution < -0.4 is 14.4 Å². The van der Waals surface area contributed by atoms with E-state index < -0.39 is 0 Å². The highest BCUT2D eigenvalue weighted by molar-refractivity contribution is 6.31. The molecule has 0 bridgehead atoms. The molecule has 1 amide bonds. The standard InChI is InChI=1S/C22H22ClN3O4/c1-13(2)29-17-7-4-14(5-8-17)21-24-22(30-25-21)15-10-20(27)26(12-15)18-11-16(23)6-9-19(18)28-3/h4-9,11,13,15H,10,12H2,1-3H3. The second-order valence-corrected chi connectivity index (χ2v) is 7.81. The van der Waals surface area contributed by atoms with Gasteiger partial charge in [-0.1, -0.05) is 16.8 Å². The van der Waals surface area contributed by atoms with E-state index in [-0.39, 0.29) is 24.3 Å². The van der Waals surface area contributed by atoms with Crippen molar-refractivity contribution in [3.63, 3.8) is 0 Å². The van der Waals surface area contributed by atoms with E-state index in [0.29, 0.717) is 34.7 Å². The van der Waals surface area contributed by atoms with Gasteiger partial charge in [-0.05, 0) is 56.3 Å². The van der Waals surface area contributed by atoms with Gasteiger partial charge in [-0.3, -0.25) is 4.79 Å². The van der Waals surface area contributed by atoms with Crippen LogP contribution in [0.25, 0.3) is 11.4 Å². The smallest absolute Gasteiger partial charge is 0.232 e. The third-order valence-corrected chi connectivity index (χ3v) is 5.07. The summed E-state index contributed by atoms with van der Waals surface area (Å²) in [5.41, 5.74) is 1.46. The normalized spacial score (nSPS) is 16.4. The van der Waals surface area contributed by atoms with Crippen molar-refractivity contribution in [3.05, 3.63) is 53.4 Å². The summed E-state index contributed by atoms with van der Waals surface area (Å²) in [6.45, 7) is 4.37. The Morgan fingerprint density at radius 2 is 1.97 bits per heavy atom. The molecule has 2 aromatic carbocycles. The van der Waals surface area contributed by atoms with Crippen molar-refractivity contribution >= 4 is 23.2 Å². The zero-order chi connectivity index (χ0) is 21.3. The van der Waals surface area contributed by atoms with Crippen LogP contribution in [0.5, 0.6) is 11.5 Å². The first-order valence-electron chi connectivity index (χ1n) is 9.69. The Bertz CT molecular complexity index is 1050. The fraction of sp³-hybridized carbons (Fsp3) is 0.318. The minimum absolute atomic E-state index is 0.0458. The maximum Gasteiger partial charge on any atom is 0.232 e. The topological polar surface area (TPSA) is 77.7 Å². The lowest BCUT2D eigenvalue weighted by atomic mass is 10.1. The number of nitrogens with zero attached hydrogens (tertiary/aromatic N) is 3. The van der Waals surface area contributed by atoms with Gasteiger partial charge in [0.25, 0.3) is 0 Å². The van der Waals surface area contributed by atoms with Gasteiger partial charge in [0.1, 0.15) is 11.5 Å². The van der Waals surface area contributed by atoms with E-state index in [1.54, 1.807) is 30.2 Å².